The molecule has 2 atom stereocenters. The number of hydrogen-bond donors (Lipinski definition) is 1. The fraction of sp³-hybridized carbons (Fsp3) is 0.692. The highest BCUT2D eigenvalue weighted by Gasteiger charge is 2.30. The third-order valence-corrected chi connectivity index (χ3v) is 4.71. The number of amides is 1. The van der Waals surface area contributed by atoms with E-state index in [9.17, 15) is 9.90 Å². The summed E-state index contributed by atoms with van der Waals surface area (Å²) in [6, 6.07) is 0. The third-order valence-electron chi connectivity index (χ3n) is 3.42. The number of carbonyl (C=O) groups excluding carboxylic acids is 1. The Morgan fingerprint density at radius 2 is 2.28 bits per heavy atom. The zero-order valence-electron chi connectivity index (χ0n) is 11.1. The zero-order valence-corrected chi connectivity index (χ0v) is 11.9. The molecule has 2 heterocycles. The van der Waals surface area contributed by atoms with Crippen molar-refractivity contribution in [1.82, 2.24) is 9.88 Å². The smallest absolute Gasteiger partial charge is 0.265 e. The SMILES string of the molecule is CC(C)c1ncc(C(=O)N2CCC(C(C)O)C2)s1. The quantitative estimate of drug-likeness (QED) is 0.913. The molecule has 2 unspecified atom stereocenters. The molecule has 100 valence electrons. The van der Waals surface area contributed by atoms with Crippen LogP contribution in [0.1, 0.15) is 47.8 Å². The average molecular weight is 268 g/mol. The summed E-state index contributed by atoms with van der Waals surface area (Å²) in [6.07, 6.45) is 2.23. The summed E-state index contributed by atoms with van der Waals surface area (Å²) < 4.78 is 0. The number of carbonyl (C=O) groups is 1. The van der Waals surface area contributed by atoms with Crippen molar-refractivity contribution in [3.05, 3.63) is 16.1 Å². The van der Waals surface area contributed by atoms with Crippen LogP contribution in [0.5, 0.6) is 0 Å². The number of nitrogens with zero attached hydrogens (tertiary/aromatic N) is 2. The van der Waals surface area contributed by atoms with Gasteiger partial charge in [-0.2, -0.15) is 0 Å². The van der Waals surface area contributed by atoms with Gasteiger partial charge in [-0.1, -0.05) is 13.8 Å². The number of aromatic nitrogens is 1. The van der Waals surface area contributed by atoms with Crippen LogP contribution in [-0.2, 0) is 0 Å². The number of aliphatic hydroxyl groups is 1. The third kappa shape index (κ3) is 2.72. The summed E-state index contributed by atoms with van der Waals surface area (Å²) in [5, 5.41) is 10.6. The average Bonchev–Trinajstić information content (AvgIpc) is 2.97. The highest BCUT2D eigenvalue weighted by Crippen LogP contribution is 2.25. The van der Waals surface area contributed by atoms with E-state index in [1.165, 1.54) is 11.3 Å². The topological polar surface area (TPSA) is 53.4 Å². The van der Waals surface area contributed by atoms with E-state index in [-0.39, 0.29) is 17.9 Å². The summed E-state index contributed by atoms with van der Waals surface area (Å²) >= 11 is 1.48. The predicted molar refractivity (Wildman–Crippen MR) is 71.9 cm³/mol. The maximum Gasteiger partial charge on any atom is 0.265 e. The van der Waals surface area contributed by atoms with Crippen molar-refractivity contribution in [1.29, 1.82) is 0 Å². The van der Waals surface area contributed by atoms with Crippen LogP contribution >= 0.6 is 11.3 Å². The first-order chi connectivity index (χ1) is 8.49. The van der Waals surface area contributed by atoms with Gasteiger partial charge in [-0.3, -0.25) is 4.79 Å². The largest absolute Gasteiger partial charge is 0.393 e. The van der Waals surface area contributed by atoms with Gasteiger partial charge in [0, 0.05) is 24.9 Å². The number of rotatable bonds is 3. The lowest BCUT2D eigenvalue weighted by Gasteiger charge is -2.16. The Bertz CT molecular complexity index is 428. The molecule has 5 heteroatoms. The number of hydrogen-bond acceptors (Lipinski definition) is 4. The van der Waals surface area contributed by atoms with Gasteiger partial charge in [0.15, 0.2) is 0 Å². The maximum atomic E-state index is 12.3. The molecule has 18 heavy (non-hydrogen) atoms. The molecular weight excluding hydrogens is 248 g/mol. The molecule has 1 amide bonds. The molecule has 0 saturated carbocycles. The van der Waals surface area contributed by atoms with Crippen LogP contribution in [0.15, 0.2) is 6.20 Å². The van der Waals surface area contributed by atoms with Crippen LogP contribution in [0.4, 0.5) is 0 Å². The fourth-order valence-electron chi connectivity index (χ4n) is 2.17. The lowest BCUT2D eigenvalue weighted by atomic mass is 10.0. The van der Waals surface area contributed by atoms with E-state index in [0.717, 1.165) is 18.0 Å². The molecule has 1 fully saturated rings. The molecule has 0 spiro atoms. The standard InChI is InChI=1S/C13H20N2O2S/c1-8(2)12-14-6-11(18-12)13(17)15-5-4-10(7-15)9(3)16/h6,8-10,16H,4-5,7H2,1-3H3. The predicted octanol–water partition coefficient (Wildman–Crippen LogP) is 2.11. The summed E-state index contributed by atoms with van der Waals surface area (Å²) in [7, 11) is 0. The fourth-order valence-corrected chi connectivity index (χ4v) is 3.06. The van der Waals surface area contributed by atoms with Gasteiger partial charge in [0.25, 0.3) is 5.91 Å². The molecule has 4 nitrogen and oxygen atoms in total. The number of thiazole rings is 1. The van der Waals surface area contributed by atoms with Crippen molar-refractivity contribution < 1.29 is 9.90 Å². The molecule has 1 aromatic heterocycles. The van der Waals surface area contributed by atoms with Crippen LogP contribution in [0.3, 0.4) is 0 Å². The molecule has 1 saturated heterocycles. The minimum Gasteiger partial charge on any atom is -0.393 e. The van der Waals surface area contributed by atoms with Gasteiger partial charge in [0.05, 0.1) is 17.3 Å². The summed E-state index contributed by atoms with van der Waals surface area (Å²) in [6.45, 7) is 7.34. The number of aliphatic hydroxyl groups excluding tert-OH is 1. The Labute approximate surface area is 112 Å². The highest BCUT2D eigenvalue weighted by molar-refractivity contribution is 7.13. The minimum absolute atomic E-state index is 0.0579. The second-order valence-corrected chi connectivity index (χ2v) is 6.32. The Kier molecular flexibility index (Phi) is 4.02. The summed E-state index contributed by atoms with van der Waals surface area (Å²) in [5.74, 6) is 0.634. The lowest BCUT2D eigenvalue weighted by molar-refractivity contribution is 0.0767. The molecule has 0 aliphatic carbocycles. The van der Waals surface area contributed by atoms with Crippen molar-refractivity contribution in [2.24, 2.45) is 5.92 Å². The molecule has 1 N–H and O–H groups in total. The first-order valence-electron chi connectivity index (χ1n) is 6.42. The van der Waals surface area contributed by atoms with E-state index in [1.54, 1.807) is 13.1 Å². The van der Waals surface area contributed by atoms with Crippen molar-refractivity contribution in [2.45, 2.75) is 39.2 Å². The van der Waals surface area contributed by atoms with Gasteiger partial charge in [-0.15, -0.1) is 11.3 Å². The minimum atomic E-state index is -0.338. The van der Waals surface area contributed by atoms with Crippen molar-refractivity contribution in [3.63, 3.8) is 0 Å². The van der Waals surface area contributed by atoms with Gasteiger partial charge in [0.2, 0.25) is 0 Å². The molecule has 1 aliphatic heterocycles. The van der Waals surface area contributed by atoms with Crippen molar-refractivity contribution >= 4 is 17.2 Å². The maximum absolute atomic E-state index is 12.3. The molecule has 1 aliphatic rings. The first-order valence-corrected chi connectivity index (χ1v) is 7.23. The Morgan fingerprint density at radius 3 is 2.78 bits per heavy atom. The van der Waals surface area contributed by atoms with Crippen LogP contribution in [0, 0.1) is 5.92 Å². The Morgan fingerprint density at radius 1 is 1.56 bits per heavy atom. The molecule has 0 bridgehead atoms. The second-order valence-electron chi connectivity index (χ2n) is 5.26. The molecule has 2 rings (SSSR count). The molecule has 0 radical (unpaired) electrons. The molecular formula is C13H20N2O2S. The van der Waals surface area contributed by atoms with E-state index >= 15 is 0 Å². The van der Waals surface area contributed by atoms with Gasteiger partial charge >= 0.3 is 0 Å². The molecule has 1 aromatic rings. The normalized spacial score (nSPS) is 21.6. The van der Waals surface area contributed by atoms with Gasteiger partial charge in [-0.25, -0.2) is 4.98 Å². The number of likely N-dealkylation sites (tertiary alicyclic amines) is 1. The van der Waals surface area contributed by atoms with Crippen LogP contribution in [0.25, 0.3) is 0 Å². The molecule has 0 aromatic carbocycles. The van der Waals surface area contributed by atoms with Crippen molar-refractivity contribution in [3.8, 4) is 0 Å². The zero-order chi connectivity index (χ0) is 13.3. The summed E-state index contributed by atoms with van der Waals surface area (Å²) in [4.78, 5) is 19.1. The van der Waals surface area contributed by atoms with E-state index in [1.807, 2.05) is 4.90 Å². The second kappa shape index (κ2) is 5.36. The van der Waals surface area contributed by atoms with Gasteiger partial charge in [-0.05, 0) is 13.3 Å². The first kappa shape index (κ1) is 13.5. The lowest BCUT2D eigenvalue weighted by Crippen LogP contribution is -2.29. The van der Waals surface area contributed by atoms with Crippen LogP contribution < -0.4 is 0 Å². The monoisotopic (exact) mass is 268 g/mol. The summed E-state index contributed by atoms with van der Waals surface area (Å²) in [5.41, 5.74) is 0. The van der Waals surface area contributed by atoms with Gasteiger partial charge < -0.3 is 10.0 Å². The highest BCUT2D eigenvalue weighted by atomic mass is 32.1. The van der Waals surface area contributed by atoms with Crippen molar-refractivity contribution in [2.75, 3.05) is 13.1 Å². The van der Waals surface area contributed by atoms with E-state index in [4.69, 9.17) is 0 Å². The van der Waals surface area contributed by atoms with Crippen LogP contribution in [-0.4, -0.2) is 40.1 Å². The Balaban J connectivity index is 2.03. The van der Waals surface area contributed by atoms with Gasteiger partial charge in [0.1, 0.15) is 4.88 Å². The van der Waals surface area contributed by atoms with E-state index in [0.29, 0.717) is 17.3 Å². The Hall–Kier alpha value is -0.940. The van der Waals surface area contributed by atoms with E-state index < -0.39 is 0 Å². The van der Waals surface area contributed by atoms with E-state index in [2.05, 4.69) is 18.8 Å². The van der Waals surface area contributed by atoms with Crippen LogP contribution in [0.2, 0.25) is 0 Å².